The Balaban J connectivity index is 1.62. The molecule has 2 aromatic carbocycles. The van der Waals surface area contributed by atoms with Gasteiger partial charge in [0.1, 0.15) is 5.82 Å². The molecule has 2 heterocycles. The minimum Gasteiger partial charge on any atom is -0.294 e. The number of aryl methyl sites for hydroxylation is 2. The van der Waals surface area contributed by atoms with Crippen molar-refractivity contribution in [3.63, 3.8) is 0 Å². The highest BCUT2D eigenvalue weighted by molar-refractivity contribution is 6.04. The summed E-state index contributed by atoms with van der Waals surface area (Å²) in [6.45, 7) is 8.57. The molecule has 5 heteroatoms. The number of likely N-dealkylation sites (tertiary alicyclic amines) is 1. The number of halogens is 1. The van der Waals surface area contributed by atoms with E-state index >= 15 is 0 Å². The van der Waals surface area contributed by atoms with Gasteiger partial charge < -0.3 is 0 Å². The fraction of sp³-hybridized carbons (Fsp3) is 0.440. The van der Waals surface area contributed by atoms with Gasteiger partial charge in [-0.25, -0.2) is 9.40 Å². The van der Waals surface area contributed by atoms with Gasteiger partial charge in [-0.1, -0.05) is 48.9 Å². The molecule has 2 aliphatic heterocycles. The van der Waals surface area contributed by atoms with E-state index < -0.39 is 6.04 Å². The molecule has 4 nitrogen and oxygen atoms in total. The van der Waals surface area contributed by atoms with Crippen LogP contribution < -0.4 is 0 Å². The number of nitrogens with zero attached hydrogens (tertiary/aromatic N) is 3. The first-order chi connectivity index (χ1) is 14.4. The molecule has 0 saturated carbocycles. The van der Waals surface area contributed by atoms with Crippen molar-refractivity contribution in [3.05, 3.63) is 70.5 Å². The monoisotopic (exact) mass is 407 g/mol. The molecule has 2 aliphatic rings. The number of hydrogen-bond acceptors (Lipinski definition) is 3. The number of benzene rings is 2. The Labute approximate surface area is 178 Å². The van der Waals surface area contributed by atoms with E-state index in [1.807, 2.05) is 6.07 Å². The van der Waals surface area contributed by atoms with E-state index in [1.54, 1.807) is 12.1 Å². The molecular weight excluding hydrogens is 377 g/mol. The van der Waals surface area contributed by atoms with Crippen LogP contribution in [0.2, 0.25) is 0 Å². The van der Waals surface area contributed by atoms with Crippen LogP contribution in [0.3, 0.4) is 0 Å². The maximum absolute atomic E-state index is 14.6. The normalized spacial score (nSPS) is 20.5. The minimum absolute atomic E-state index is 0.0578. The fourth-order valence-corrected chi connectivity index (χ4v) is 4.51. The Hall–Kier alpha value is -2.53. The zero-order valence-electron chi connectivity index (χ0n) is 18.1. The lowest BCUT2D eigenvalue weighted by atomic mass is 9.95. The van der Waals surface area contributed by atoms with E-state index in [1.165, 1.54) is 16.6 Å². The second-order valence-corrected chi connectivity index (χ2v) is 8.80. The summed E-state index contributed by atoms with van der Waals surface area (Å²) in [6, 6.07) is 12.6. The van der Waals surface area contributed by atoms with Gasteiger partial charge in [0, 0.05) is 17.5 Å². The van der Waals surface area contributed by atoms with Gasteiger partial charge in [0.15, 0.2) is 0 Å². The largest absolute Gasteiger partial charge is 0.294 e. The van der Waals surface area contributed by atoms with E-state index in [9.17, 15) is 9.18 Å². The molecule has 1 unspecified atom stereocenters. The molecule has 0 aliphatic carbocycles. The third kappa shape index (κ3) is 4.31. The number of hydrogen-bond donors (Lipinski definition) is 0. The smallest absolute Gasteiger partial charge is 0.257 e. The van der Waals surface area contributed by atoms with Crippen LogP contribution >= 0.6 is 0 Å². The van der Waals surface area contributed by atoms with Crippen LogP contribution in [0.25, 0.3) is 0 Å². The number of carbonyl (C=O) groups is 1. The average molecular weight is 408 g/mol. The van der Waals surface area contributed by atoms with Crippen LogP contribution in [0.15, 0.2) is 47.6 Å². The summed E-state index contributed by atoms with van der Waals surface area (Å²) in [5.41, 5.74) is 4.72. The molecule has 0 N–H and O–H groups in total. The molecule has 2 aromatic rings. The van der Waals surface area contributed by atoms with Crippen molar-refractivity contribution >= 4 is 11.6 Å². The van der Waals surface area contributed by atoms with E-state index in [0.717, 1.165) is 42.8 Å². The topological polar surface area (TPSA) is 35.9 Å². The summed E-state index contributed by atoms with van der Waals surface area (Å²) in [4.78, 5) is 15.5. The van der Waals surface area contributed by atoms with Crippen LogP contribution in [-0.2, 0) is 4.79 Å². The zero-order chi connectivity index (χ0) is 21.3. The lowest BCUT2D eigenvalue weighted by molar-refractivity contribution is -0.134. The zero-order valence-corrected chi connectivity index (χ0v) is 18.1. The summed E-state index contributed by atoms with van der Waals surface area (Å²) >= 11 is 0. The molecule has 0 spiro atoms. The molecule has 4 rings (SSSR count). The molecule has 0 radical (unpaired) electrons. The van der Waals surface area contributed by atoms with Gasteiger partial charge in [-0.3, -0.25) is 9.69 Å². The number of carbonyl (C=O) groups excluding carboxylic acids is 1. The first-order valence-electron chi connectivity index (χ1n) is 10.9. The van der Waals surface area contributed by atoms with Crippen molar-refractivity contribution in [2.24, 2.45) is 11.0 Å². The van der Waals surface area contributed by atoms with E-state index in [2.05, 4.69) is 43.9 Å². The lowest BCUT2D eigenvalue weighted by Gasteiger charge is -2.31. The molecule has 1 fully saturated rings. The highest BCUT2D eigenvalue weighted by atomic mass is 19.1. The molecule has 1 atom stereocenters. The van der Waals surface area contributed by atoms with Crippen LogP contribution in [0.5, 0.6) is 0 Å². The lowest BCUT2D eigenvalue weighted by Crippen LogP contribution is -2.41. The van der Waals surface area contributed by atoms with Gasteiger partial charge in [-0.05, 0) is 57.3 Å². The Morgan fingerprint density at radius 1 is 1.13 bits per heavy atom. The summed E-state index contributed by atoms with van der Waals surface area (Å²) in [6.07, 6.45) is 2.75. The molecule has 1 amide bonds. The molecule has 1 saturated heterocycles. The molecule has 30 heavy (non-hydrogen) atoms. The van der Waals surface area contributed by atoms with Crippen LogP contribution in [0, 0.1) is 25.6 Å². The molecule has 0 aromatic heterocycles. The predicted molar refractivity (Wildman–Crippen MR) is 118 cm³/mol. The number of piperidine rings is 1. The van der Waals surface area contributed by atoms with Crippen molar-refractivity contribution in [3.8, 4) is 0 Å². The van der Waals surface area contributed by atoms with Gasteiger partial charge in [-0.15, -0.1) is 0 Å². The molecule has 158 valence electrons. The van der Waals surface area contributed by atoms with Gasteiger partial charge in [0.2, 0.25) is 0 Å². The Morgan fingerprint density at radius 2 is 1.87 bits per heavy atom. The SMILES string of the molecule is Cc1ccc(C2=NN(C(=O)CN3CCC(C)CC3)C(c3ccccc3F)C2)c(C)c1. The molecule has 0 bridgehead atoms. The maximum atomic E-state index is 14.6. The highest BCUT2D eigenvalue weighted by Crippen LogP contribution is 2.35. The number of rotatable bonds is 4. The first kappa shape index (κ1) is 20.7. The summed E-state index contributed by atoms with van der Waals surface area (Å²) in [5.74, 6) is 0.366. The average Bonchev–Trinajstić information content (AvgIpc) is 3.15. The summed E-state index contributed by atoms with van der Waals surface area (Å²) in [7, 11) is 0. The van der Waals surface area contributed by atoms with E-state index in [0.29, 0.717) is 24.4 Å². The second kappa shape index (κ2) is 8.68. The van der Waals surface area contributed by atoms with Crippen molar-refractivity contribution in [1.82, 2.24) is 9.91 Å². The first-order valence-corrected chi connectivity index (χ1v) is 10.9. The van der Waals surface area contributed by atoms with Gasteiger partial charge in [0.05, 0.1) is 18.3 Å². The van der Waals surface area contributed by atoms with Crippen molar-refractivity contribution in [2.45, 2.75) is 46.1 Å². The predicted octanol–water partition coefficient (Wildman–Crippen LogP) is 4.85. The standard InChI is InChI=1S/C25H30FN3O/c1-17-10-12-28(13-11-17)16-25(30)29-24(21-6-4-5-7-22(21)26)15-23(27-29)20-9-8-18(2)14-19(20)3/h4-9,14,17,24H,10-13,15-16H2,1-3H3. The second-order valence-electron chi connectivity index (χ2n) is 8.80. The Kier molecular flexibility index (Phi) is 6.00. The van der Waals surface area contributed by atoms with Crippen molar-refractivity contribution < 1.29 is 9.18 Å². The number of amides is 1. The van der Waals surface area contributed by atoms with Gasteiger partial charge in [-0.2, -0.15) is 5.10 Å². The highest BCUT2D eigenvalue weighted by Gasteiger charge is 2.35. The van der Waals surface area contributed by atoms with Gasteiger partial charge >= 0.3 is 0 Å². The van der Waals surface area contributed by atoms with Crippen molar-refractivity contribution in [2.75, 3.05) is 19.6 Å². The van der Waals surface area contributed by atoms with E-state index in [-0.39, 0.29) is 11.7 Å². The van der Waals surface area contributed by atoms with Crippen LogP contribution in [0.4, 0.5) is 4.39 Å². The van der Waals surface area contributed by atoms with Crippen LogP contribution in [-0.4, -0.2) is 41.2 Å². The van der Waals surface area contributed by atoms with Gasteiger partial charge in [0.25, 0.3) is 5.91 Å². The quantitative estimate of drug-likeness (QED) is 0.726. The third-order valence-electron chi connectivity index (χ3n) is 6.36. The fourth-order valence-electron chi connectivity index (χ4n) is 4.51. The summed E-state index contributed by atoms with van der Waals surface area (Å²) < 4.78 is 14.6. The van der Waals surface area contributed by atoms with Crippen LogP contribution in [0.1, 0.15) is 54.5 Å². The summed E-state index contributed by atoms with van der Waals surface area (Å²) in [5, 5.41) is 6.27. The minimum atomic E-state index is -0.405. The number of hydrazone groups is 1. The third-order valence-corrected chi connectivity index (χ3v) is 6.36. The maximum Gasteiger partial charge on any atom is 0.257 e. The molecular formula is C25H30FN3O. The van der Waals surface area contributed by atoms with E-state index in [4.69, 9.17) is 5.10 Å². The Bertz CT molecular complexity index is 963. The Morgan fingerprint density at radius 3 is 2.57 bits per heavy atom. The van der Waals surface area contributed by atoms with Crippen molar-refractivity contribution in [1.29, 1.82) is 0 Å².